The van der Waals surface area contributed by atoms with Gasteiger partial charge in [0, 0.05) is 20.6 Å². The van der Waals surface area contributed by atoms with E-state index < -0.39 is 0 Å². The minimum Gasteiger partial charge on any atom is -0.459 e. The zero-order chi connectivity index (χ0) is 12.1. The maximum atomic E-state index is 11.8. The Balaban J connectivity index is 2.56. The average Bonchev–Trinajstić information content (AvgIpc) is 2.79. The predicted molar refractivity (Wildman–Crippen MR) is 58.9 cm³/mol. The van der Waals surface area contributed by atoms with Gasteiger partial charge in [0.25, 0.3) is 5.91 Å². The molecule has 1 rings (SSSR count). The third-order valence-electron chi connectivity index (χ3n) is 2.32. The fourth-order valence-corrected chi connectivity index (χ4v) is 1.41. The van der Waals surface area contributed by atoms with Crippen LogP contribution in [0.4, 0.5) is 0 Å². The summed E-state index contributed by atoms with van der Waals surface area (Å²) in [4.78, 5) is 24.5. The number of furan rings is 1. The Morgan fingerprint density at radius 3 is 2.75 bits per heavy atom. The lowest BCUT2D eigenvalue weighted by atomic mass is 10.1. The molecule has 1 heterocycles. The standard InChI is InChI=1S/C11H16N2O3/c1-8(10(14)12-2)7-13(3)11(15)9-5-4-6-16-9/h4-6,8H,7H2,1-3H3,(H,12,14). The summed E-state index contributed by atoms with van der Waals surface area (Å²) >= 11 is 0. The van der Waals surface area contributed by atoms with Crippen LogP contribution in [0.2, 0.25) is 0 Å². The molecular formula is C11H16N2O3. The molecule has 0 spiro atoms. The molecule has 1 aromatic heterocycles. The molecule has 1 aromatic rings. The molecule has 0 aromatic carbocycles. The topological polar surface area (TPSA) is 62.6 Å². The van der Waals surface area contributed by atoms with Crippen molar-refractivity contribution in [2.75, 3.05) is 20.6 Å². The molecule has 1 unspecified atom stereocenters. The first-order chi connectivity index (χ1) is 7.56. The van der Waals surface area contributed by atoms with Crippen molar-refractivity contribution in [1.29, 1.82) is 0 Å². The molecule has 0 bridgehead atoms. The van der Waals surface area contributed by atoms with E-state index in [2.05, 4.69) is 5.32 Å². The molecule has 0 fully saturated rings. The Morgan fingerprint density at radius 1 is 1.56 bits per heavy atom. The first-order valence-corrected chi connectivity index (χ1v) is 5.06. The smallest absolute Gasteiger partial charge is 0.289 e. The monoisotopic (exact) mass is 224 g/mol. The summed E-state index contributed by atoms with van der Waals surface area (Å²) in [6.45, 7) is 2.13. The molecule has 88 valence electrons. The van der Waals surface area contributed by atoms with Crippen molar-refractivity contribution < 1.29 is 14.0 Å². The first kappa shape index (κ1) is 12.3. The van der Waals surface area contributed by atoms with Gasteiger partial charge in [0.15, 0.2) is 5.76 Å². The SMILES string of the molecule is CNC(=O)C(C)CN(C)C(=O)c1ccco1. The molecular weight excluding hydrogens is 208 g/mol. The third kappa shape index (κ3) is 2.85. The van der Waals surface area contributed by atoms with Gasteiger partial charge in [-0.2, -0.15) is 0 Å². The maximum absolute atomic E-state index is 11.8. The summed E-state index contributed by atoms with van der Waals surface area (Å²) in [6, 6.07) is 3.26. The van der Waals surface area contributed by atoms with Gasteiger partial charge in [-0.3, -0.25) is 9.59 Å². The fraction of sp³-hybridized carbons (Fsp3) is 0.455. The molecule has 0 saturated carbocycles. The Labute approximate surface area is 94.4 Å². The van der Waals surface area contributed by atoms with Crippen LogP contribution < -0.4 is 5.32 Å². The van der Waals surface area contributed by atoms with Crippen LogP contribution in [0.5, 0.6) is 0 Å². The summed E-state index contributed by atoms with van der Waals surface area (Å²) in [5, 5.41) is 2.54. The number of carbonyl (C=O) groups is 2. The van der Waals surface area contributed by atoms with Crippen molar-refractivity contribution in [3.8, 4) is 0 Å². The van der Waals surface area contributed by atoms with E-state index >= 15 is 0 Å². The highest BCUT2D eigenvalue weighted by atomic mass is 16.3. The average molecular weight is 224 g/mol. The molecule has 16 heavy (non-hydrogen) atoms. The predicted octanol–water partition coefficient (Wildman–Crippen LogP) is 0.734. The van der Waals surface area contributed by atoms with Crippen LogP contribution in [0.3, 0.4) is 0 Å². The molecule has 0 saturated heterocycles. The van der Waals surface area contributed by atoms with Gasteiger partial charge in [-0.25, -0.2) is 0 Å². The highest BCUT2D eigenvalue weighted by Gasteiger charge is 2.19. The minimum atomic E-state index is -0.242. The van der Waals surface area contributed by atoms with Gasteiger partial charge >= 0.3 is 0 Å². The second kappa shape index (κ2) is 5.34. The van der Waals surface area contributed by atoms with E-state index in [-0.39, 0.29) is 23.5 Å². The minimum absolute atomic E-state index is 0.0842. The zero-order valence-electron chi connectivity index (χ0n) is 9.69. The van der Waals surface area contributed by atoms with Crippen LogP contribution in [0.1, 0.15) is 17.5 Å². The van der Waals surface area contributed by atoms with Crippen molar-refractivity contribution in [3.63, 3.8) is 0 Å². The normalized spacial score (nSPS) is 11.9. The van der Waals surface area contributed by atoms with E-state index in [0.717, 1.165) is 0 Å². The van der Waals surface area contributed by atoms with Crippen molar-refractivity contribution in [1.82, 2.24) is 10.2 Å². The van der Waals surface area contributed by atoms with Crippen LogP contribution in [0.15, 0.2) is 22.8 Å². The van der Waals surface area contributed by atoms with Gasteiger partial charge in [-0.1, -0.05) is 6.92 Å². The van der Waals surface area contributed by atoms with Crippen molar-refractivity contribution in [2.45, 2.75) is 6.92 Å². The molecule has 1 N–H and O–H groups in total. The number of hydrogen-bond acceptors (Lipinski definition) is 3. The number of nitrogens with one attached hydrogen (secondary N) is 1. The first-order valence-electron chi connectivity index (χ1n) is 5.06. The lowest BCUT2D eigenvalue weighted by Crippen LogP contribution is -2.37. The van der Waals surface area contributed by atoms with Crippen LogP contribution in [0.25, 0.3) is 0 Å². The fourth-order valence-electron chi connectivity index (χ4n) is 1.41. The van der Waals surface area contributed by atoms with Crippen LogP contribution in [0, 0.1) is 5.92 Å². The second-order valence-electron chi connectivity index (χ2n) is 3.68. The summed E-state index contributed by atoms with van der Waals surface area (Å²) in [7, 11) is 3.22. The number of rotatable bonds is 4. The summed E-state index contributed by atoms with van der Waals surface area (Å²) in [5.74, 6) is -0.264. The quantitative estimate of drug-likeness (QED) is 0.820. The number of nitrogens with zero attached hydrogens (tertiary/aromatic N) is 1. The Kier molecular flexibility index (Phi) is 4.10. The van der Waals surface area contributed by atoms with Crippen molar-refractivity contribution in [2.24, 2.45) is 5.92 Å². The number of hydrogen-bond donors (Lipinski definition) is 1. The van der Waals surface area contributed by atoms with Gasteiger partial charge in [0.05, 0.1) is 12.2 Å². The molecule has 0 aliphatic carbocycles. The maximum Gasteiger partial charge on any atom is 0.289 e. The molecule has 0 aliphatic heterocycles. The van der Waals surface area contributed by atoms with Gasteiger partial charge in [-0.05, 0) is 12.1 Å². The summed E-state index contributed by atoms with van der Waals surface area (Å²) in [6.07, 6.45) is 1.45. The van der Waals surface area contributed by atoms with E-state index in [1.807, 2.05) is 0 Å². The Morgan fingerprint density at radius 2 is 2.25 bits per heavy atom. The van der Waals surface area contributed by atoms with E-state index in [1.54, 1.807) is 33.2 Å². The molecule has 5 heteroatoms. The van der Waals surface area contributed by atoms with E-state index in [9.17, 15) is 9.59 Å². The molecule has 0 aliphatic rings. The number of amides is 2. The van der Waals surface area contributed by atoms with Crippen LogP contribution >= 0.6 is 0 Å². The van der Waals surface area contributed by atoms with Gasteiger partial charge < -0.3 is 14.6 Å². The zero-order valence-corrected chi connectivity index (χ0v) is 9.69. The second-order valence-corrected chi connectivity index (χ2v) is 3.68. The molecule has 0 radical (unpaired) electrons. The van der Waals surface area contributed by atoms with Gasteiger partial charge in [0.2, 0.25) is 5.91 Å². The highest BCUT2D eigenvalue weighted by molar-refractivity contribution is 5.91. The van der Waals surface area contributed by atoms with Crippen molar-refractivity contribution in [3.05, 3.63) is 24.2 Å². The van der Waals surface area contributed by atoms with Crippen LogP contribution in [-0.4, -0.2) is 37.4 Å². The lowest BCUT2D eigenvalue weighted by molar-refractivity contribution is -0.124. The van der Waals surface area contributed by atoms with Gasteiger partial charge in [-0.15, -0.1) is 0 Å². The molecule has 2 amide bonds. The Bertz CT molecular complexity index is 359. The third-order valence-corrected chi connectivity index (χ3v) is 2.32. The molecule has 1 atom stereocenters. The Hall–Kier alpha value is -1.78. The van der Waals surface area contributed by atoms with Gasteiger partial charge in [0.1, 0.15) is 0 Å². The molecule has 5 nitrogen and oxygen atoms in total. The number of carbonyl (C=O) groups excluding carboxylic acids is 2. The lowest BCUT2D eigenvalue weighted by Gasteiger charge is -2.19. The van der Waals surface area contributed by atoms with E-state index in [4.69, 9.17) is 4.42 Å². The highest BCUT2D eigenvalue weighted by Crippen LogP contribution is 2.06. The summed E-state index contributed by atoms with van der Waals surface area (Å²) < 4.78 is 4.99. The van der Waals surface area contributed by atoms with Crippen LogP contribution in [-0.2, 0) is 4.79 Å². The van der Waals surface area contributed by atoms with Crippen molar-refractivity contribution >= 4 is 11.8 Å². The summed E-state index contributed by atoms with van der Waals surface area (Å²) in [5.41, 5.74) is 0. The van der Waals surface area contributed by atoms with E-state index in [0.29, 0.717) is 6.54 Å². The largest absolute Gasteiger partial charge is 0.459 e. The van der Waals surface area contributed by atoms with E-state index in [1.165, 1.54) is 11.2 Å².